The fourth-order valence-electron chi connectivity index (χ4n) is 3.12. The lowest BCUT2D eigenvalue weighted by atomic mass is 10.1. The van der Waals surface area contributed by atoms with Gasteiger partial charge in [-0.15, -0.1) is 0 Å². The number of carbonyl (C=O) groups is 1. The highest BCUT2D eigenvalue weighted by atomic mass is 32.2. The largest absolute Gasteiger partial charge is 0.375 e. The van der Waals surface area contributed by atoms with Gasteiger partial charge >= 0.3 is 0 Å². The van der Waals surface area contributed by atoms with E-state index in [4.69, 9.17) is 0 Å². The Labute approximate surface area is 202 Å². The number of amides is 1. The van der Waals surface area contributed by atoms with Crippen molar-refractivity contribution in [2.75, 3.05) is 23.8 Å². The Morgan fingerprint density at radius 3 is 2.23 bits per heavy atom. The van der Waals surface area contributed by atoms with Crippen LogP contribution in [-0.4, -0.2) is 59.2 Å². The molecule has 3 rings (SSSR count). The molecule has 1 fully saturated rings. The second-order valence-corrected chi connectivity index (χ2v) is 12.3. The lowest BCUT2D eigenvalue weighted by Gasteiger charge is -2.13. The average molecular weight is 547 g/mol. The lowest BCUT2D eigenvalue weighted by Crippen LogP contribution is -2.18. The number of ether oxygens (including phenoxy) is 1. The molecule has 2 aromatic carbocycles. The van der Waals surface area contributed by atoms with Crippen molar-refractivity contribution < 1.29 is 43.9 Å². The smallest absolute Gasteiger partial charge is 0.295 e. The summed E-state index contributed by atoms with van der Waals surface area (Å²) in [6.07, 6.45) is 3.09. The minimum atomic E-state index is -4.80. The number of sulfonamides is 1. The van der Waals surface area contributed by atoms with Crippen LogP contribution in [0, 0.1) is 0 Å². The molecule has 15 heteroatoms. The number of carbonyl (C=O) groups excluding carboxylic acids is 1. The number of hydrogen-bond acceptors (Lipinski definition) is 8. The second-order valence-electron chi connectivity index (χ2n) is 7.58. The Hall–Kier alpha value is -2.82. The van der Waals surface area contributed by atoms with Gasteiger partial charge in [0.25, 0.3) is 20.2 Å². The van der Waals surface area contributed by atoms with Gasteiger partial charge in [-0.05, 0) is 42.7 Å². The summed E-state index contributed by atoms with van der Waals surface area (Å²) >= 11 is 0. The molecule has 0 bridgehead atoms. The highest BCUT2D eigenvalue weighted by molar-refractivity contribution is 7.93. The molecule has 4 N–H and O–H groups in total. The van der Waals surface area contributed by atoms with Gasteiger partial charge in [-0.25, -0.2) is 8.42 Å². The zero-order chi connectivity index (χ0) is 26.0. The maximum atomic E-state index is 12.4. The van der Waals surface area contributed by atoms with Crippen molar-refractivity contribution in [2.24, 2.45) is 0 Å². The number of hydrogen-bond donors (Lipinski definition) is 4. The molecule has 1 saturated carbocycles. The van der Waals surface area contributed by atoms with Gasteiger partial charge in [0.05, 0.1) is 10.9 Å². The first-order chi connectivity index (χ1) is 16.2. The number of nitrogens with one attached hydrogen (secondary N) is 2. The fourth-order valence-corrected chi connectivity index (χ4v) is 5.94. The summed E-state index contributed by atoms with van der Waals surface area (Å²) in [6.45, 7) is -0.297. The molecule has 35 heavy (non-hydrogen) atoms. The first kappa shape index (κ1) is 26.8. The topological polar surface area (TPSA) is 193 Å². The van der Waals surface area contributed by atoms with Crippen molar-refractivity contribution in [3.05, 3.63) is 47.5 Å². The summed E-state index contributed by atoms with van der Waals surface area (Å²) in [5.74, 6) is -0.577. The normalized spacial score (nSPS) is 14.7. The van der Waals surface area contributed by atoms with Gasteiger partial charge in [0.2, 0.25) is 15.9 Å². The van der Waals surface area contributed by atoms with Crippen LogP contribution >= 0.6 is 0 Å². The number of benzene rings is 2. The van der Waals surface area contributed by atoms with E-state index in [1.165, 1.54) is 31.4 Å². The van der Waals surface area contributed by atoms with Gasteiger partial charge in [0.1, 0.15) is 16.4 Å². The monoisotopic (exact) mass is 546 g/mol. The summed E-state index contributed by atoms with van der Waals surface area (Å²) in [5.41, 5.74) is -0.482. The summed E-state index contributed by atoms with van der Waals surface area (Å²) in [6, 6.07) is 7.09. The second kappa shape index (κ2) is 10.0. The van der Waals surface area contributed by atoms with Crippen LogP contribution in [0.2, 0.25) is 0 Å². The Bertz CT molecular complexity index is 1490. The highest BCUT2D eigenvalue weighted by Gasteiger charge is 2.36. The first-order valence-corrected chi connectivity index (χ1v) is 14.4. The van der Waals surface area contributed by atoms with Crippen molar-refractivity contribution >= 4 is 59.7 Å². The molecular formula is C20H22N2O10S3. The van der Waals surface area contributed by atoms with Crippen molar-refractivity contribution in [2.45, 2.75) is 27.9 Å². The van der Waals surface area contributed by atoms with Gasteiger partial charge in [0, 0.05) is 18.4 Å². The summed E-state index contributed by atoms with van der Waals surface area (Å²) in [5, 5.41) is 1.76. The van der Waals surface area contributed by atoms with Crippen LogP contribution in [0.25, 0.3) is 12.2 Å². The van der Waals surface area contributed by atoms with E-state index >= 15 is 0 Å². The van der Waals surface area contributed by atoms with Gasteiger partial charge < -0.3 is 10.1 Å². The van der Waals surface area contributed by atoms with Crippen LogP contribution in [0.4, 0.5) is 11.4 Å². The molecule has 0 aliphatic heterocycles. The summed E-state index contributed by atoms with van der Waals surface area (Å²) < 4.78 is 98.8. The molecule has 0 atom stereocenters. The van der Waals surface area contributed by atoms with Crippen LogP contribution in [0.15, 0.2) is 46.2 Å². The zero-order valence-corrected chi connectivity index (χ0v) is 20.7. The zero-order valence-electron chi connectivity index (χ0n) is 18.2. The third-order valence-corrected chi connectivity index (χ3v) is 8.51. The third kappa shape index (κ3) is 6.87. The van der Waals surface area contributed by atoms with Crippen LogP contribution in [0.3, 0.4) is 0 Å². The highest BCUT2D eigenvalue weighted by Crippen LogP contribution is 2.33. The van der Waals surface area contributed by atoms with E-state index in [1.54, 1.807) is 0 Å². The van der Waals surface area contributed by atoms with E-state index in [2.05, 4.69) is 14.8 Å². The predicted molar refractivity (Wildman–Crippen MR) is 128 cm³/mol. The van der Waals surface area contributed by atoms with Gasteiger partial charge in [0.15, 0.2) is 0 Å². The molecule has 2 aromatic rings. The Balaban J connectivity index is 2.09. The molecule has 1 aliphatic rings. The SMILES string of the molecule is COCC(=O)Nc1ccc(C=Cc2c(NS(=O)(=O)C3CC3)cccc2S(=O)(=O)O)c(S(=O)(=O)O)c1. The molecule has 190 valence electrons. The third-order valence-electron chi connectivity index (χ3n) is 4.84. The van der Waals surface area contributed by atoms with Crippen molar-refractivity contribution in [1.29, 1.82) is 0 Å². The minimum Gasteiger partial charge on any atom is -0.375 e. The predicted octanol–water partition coefficient (Wildman–Crippen LogP) is 1.84. The van der Waals surface area contributed by atoms with Crippen LogP contribution < -0.4 is 10.0 Å². The Morgan fingerprint density at radius 2 is 1.66 bits per heavy atom. The van der Waals surface area contributed by atoms with E-state index in [0.717, 1.165) is 24.3 Å². The standard InChI is InChI=1S/C20H22N2O10S3/c1-32-12-20(23)21-14-7-5-13(19(11-14)35(29,30)31)6-10-16-17(22-33(24,25)15-8-9-15)3-2-4-18(16)34(26,27)28/h2-7,10-11,15,22H,8-9,12H2,1H3,(H,21,23)(H,26,27,28)(H,29,30,31). The van der Waals surface area contributed by atoms with E-state index in [9.17, 15) is 39.2 Å². The quantitative estimate of drug-likeness (QED) is 0.252. The molecule has 0 aromatic heterocycles. The average Bonchev–Trinajstić information content (AvgIpc) is 3.58. The van der Waals surface area contributed by atoms with Gasteiger partial charge in [-0.3, -0.25) is 18.6 Å². The maximum Gasteiger partial charge on any atom is 0.295 e. The van der Waals surface area contributed by atoms with E-state index < -0.39 is 51.2 Å². The number of rotatable bonds is 10. The van der Waals surface area contributed by atoms with Crippen molar-refractivity contribution in [3.63, 3.8) is 0 Å². The number of methoxy groups -OCH3 is 1. The minimum absolute atomic E-state index is 0.0352. The van der Waals surface area contributed by atoms with Gasteiger partial charge in [-0.1, -0.05) is 24.3 Å². The van der Waals surface area contributed by atoms with Crippen molar-refractivity contribution in [1.82, 2.24) is 0 Å². The number of anilines is 2. The van der Waals surface area contributed by atoms with Crippen molar-refractivity contribution in [3.8, 4) is 0 Å². The summed E-state index contributed by atoms with van der Waals surface area (Å²) in [4.78, 5) is 10.5. The molecular weight excluding hydrogens is 524 g/mol. The Kier molecular flexibility index (Phi) is 7.68. The first-order valence-electron chi connectivity index (χ1n) is 9.93. The molecule has 1 amide bonds. The fraction of sp³-hybridized carbons (Fsp3) is 0.250. The van der Waals surface area contributed by atoms with Crippen LogP contribution in [0.5, 0.6) is 0 Å². The maximum absolute atomic E-state index is 12.4. The molecule has 0 radical (unpaired) electrons. The van der Waals surface area contributed by atoms with Crippen LogP contribution in [0.1, 0.15) is 24.0 Å². The molecule has 0 unspecified atom stereocenters. The molecule has 0 saturated heterocycles. The molecule has 0 heterocycles. The van der Waals surface area contributed by atoms with Gasteiger partial charge in [-0.2, -0.15) is 16.8 Å². The Morgan fingerprint density at radius 1 is 1.00 bits per heavy atom. The molecule has 0 spiro atoms. The van der Waals surface area contributed by atoms with E-state index in [0.29, 0.717) is 12.8 Å². The molecule has 12 nitrogen and oxygen atoms in total. The van der Waals surface area contributed by atoms with Crippen LogP contribution in [-0.2, 0) is 39.8 Å². The van der Waals surface area contributed by atoms with E-state index in [1.807, 2.05) is 0 Å². The summed E-state index contributed by atoms with van der Waals surface area (Å²) in [7, 11) is -12.1. The van der Waals surface area contributed by atoms with E-state index in [-0.39, 0.29) is 29.1 Å². The lowest BCUT2D eigenvalue weighted by molar-refractivity contribution is -0.119. The molecule has 1 aliphatic carbocycles.